The van der Waals surface area contributed by atoms with Gasteiger partial charge in [-0.15, -0.1) is 0 Å². The van der Waals surface area contributed by atoms with Crippen LogP contribution in [-0.2, 0) is 17.4 Å². The molecule has 6 heteroatoms. The Morgan fingerprint density at radius 2 is 0.942 bits per heavy atom. The molecule has 1 atom stereocenters. The Kier molecular flexibility index (Phi) is 6.13. The minimum absolute atomic E-state index is 0.728. The Morgan fingerprint density at radius 1 is 0.462 bits per heavy atom. The SMILES string of the molecule is CCc1ccc(N2c3cc4c(cc3P3(=O)c5cc6c(cc5N(c5ccc(CC)cc5)c5cccc2c53)oc2ccccc26)oc2ccccc24)cc1. The van der Waals surface area contributed by atoms with Crippen molar-refractivity contribution in [1.82, 2.24) is 0 Å². The minimum atomic E-state index is -3.55. The Bertz CT molecular complexity index is 2970. The highest BCUT2D eigenvalue weighted by Gasteiger charge is 2.49. The van der Waals surface area contributed by atoms with Crippen LogP contribution >= 0.6 is 7.14 Å². The van der Waals surface area contributed by atoms with Gasteiger partial charge in [0, 0.05) is 49.6 Å². The summed E-state index contributed by atoms with van der Waals surface area (Å²) in [6, 6.07) is 48.6. The molecule has 250 valence electrons. The number of fused-ring (bicyclic) bond motifs is 10. The van der Waals surface area contributed by atoms with Crippen LogP contribution in [0.1, 0.15) is 25.0 Å². The van der Waals surface area contributed by atoms with Gasteiger partial charge in [-0.25, -0.2) is 0 Å². The topological polar surface area (TPSA) is 49.8 Å². The molecule has 0 saturated carbocycles. The lowest BCUT2D eigenvalue weighted by Crippen LogP contribution is -2.43. The smallest absolute Gasteiger partial charge is 0.179 e. The lowest BCUT2D eigenvalue weighted by molar-refractivity contribution is 0.592. The monoisotopic (exact) mass is 692 g/mol. The first-order chi connectivity index (χ1) is 25.5. The third-order valence-electron chi connectivity index (χ3n) is 11.1. The van der Waals surface area contributed by atoms with E-state index < -0.39 is 7.14 Å². The van der Waals surface area contributed by atoms with Crippen molar-refractivity contribution < 1.29 is 13.4 Å². The van der Waals surface area contributed by atoms with E-state index in [4.69, 9.17) is 8.83 Å². The Morgan fingerprint density at radius 3 is 1.50 bits per heavy atom. The van der Waals surface area contributed by atoms with Crippen LogP contribution in [0.15, 0.2) is 148 Å². The lowest BCUT2D eigenvalue weighted by atomic mass is 10.1. The molecule has 0 spiro atoms. The van der Waals surface area contributed by atoms with Crippen LogP contribution in [0.5, 0.6) is 0 Å². The molecule has 0 amide bonds. The van der Waals surface area contributed by atoms with Gasteiger partial charge in [-0.2, -0.15) is 0 Å². The summed E-state index contributed by atoms with van der Waals surface area (Å²) in [4.78, 5) is 4.58. The molecular weight excluding hydrogens is 659 g/mol. The van der Waals surface area contributed by atoms with Gasteiger partial charge in [0.25, 0.3) is 0 Å². The predicted molar refractivity (Wildman–Crippen MR) is 216 cm³/mol. The molecule has 2 aromatic heterocycles. The van der Waals surface area contributed by atoms with Crippen molar-refractivity contribution in [2.24, 2.45) is 0 Å². The highest BCUT2D eigenvalue weighted by atomic mass is 31.2. The van der Waals surface area contributed by atoms with Crippen molar-refractivity contribution in [3.63, 3.8) is 0 Å². The maximum absolute atomic E-state index is 16.9. The van der Waals surface area contributed by atoms with Gasteiger partial charge in [-0.1, -0.05) is 80.6 Å². The molecule has 4 heterocycles. The molecule has 1 unspecified atom stereocenters. The van der Waals surface area contributed by atoms with Crippen molar-refractivity contribution in [2.75, 3.05) is 9.80 Å². The number of hydrogen-bond donors (Lipinski definition) is 0. The number of furan rings is 2. The van der Waals surface area contributed by atoms with Gasteiger partial charge in [-0.3, -0.25) is 0 Å². The second kappa shape index (κ2) is 10.7. The largest absolute Gasteiger partial charge is 0.456 e. The number of para-hydroxylation sites is 2. The summed E-state index contributed by atoms with van der Waals surface area (Å²) in [5, 5.41) is 6.40. The van der Waals surface area contributed by atoms with Gasteiger partial charge in [0.05, 0.1) is 28.1 Å². The zero-order chi connectivity index (χ0) is 34.7. The molecule has 5 nitrogen and oxygen atoms in total. The zero-order valence-electron chi connectivity index (χ0n) is 28.8. The van der Waals surface area contributed by atoms with E-state index in [1.54, 1.807) is 0 Å². The lowest BCUT2D eigenvalue weighted by Gasteiger charge is -2.44. The minimum Gasteiger partial charge on any atom is -0.456 e. The fourth-order valence-corrected chi connectivity index (χ4v) is 11.8. The van der Waals surface area contributed by atoms with Crippen molar-refractivity contribution in [2.45, 2.75) is 26.7 Å². The number of rotatable bonds is 4. The van der Waals surface area contributed by atoms with E-state index in [1.807, 2.05) is 36.4 Å². The maximum atomic E-state index is 16.9. The third-order valence-corrected chi connectivity index (χ3v) is 14.3. The van der Waals surface area contributed by atoms with Crippen molar-refractivity contribution in [1.29, 1.82) is 0 Å². The third kappa shape index (κ3) is 3.92. The van der Waals surface area contributed by atoms with Crippen LogP contribution in [-0.4, -0.2) is 0 Å². The number of nitrogens with zero attached hydrogens (tertiary/aromatic N) is 2. The van der Waals surface area contributed by atoms with E-state index in [9.17, 15) is 0 Å². The molecule has 0 saturated heterocycles. The van der Waals surface area contributed by atoms with E-state index in [1.165, 1.54) is 11.1 Å². The van der Waals surface area contributed by atoms with Gasteiger partial charge >= 0.3 is 0 Å². The molecule has 52 heavy (non-hydrogen) atoms. The summed E-state index contributed by atoms with van der Waals surface area (Å²) >= 11 is 0. The highest BCUT2D eigenvalue weighted by Crippen LogP contribution is 2.62. The van der Waals surface area contributed by atoms with Crippen molar-refractivity contribution in [3.05, 3.63) is 151 Å². The first-order valence-electron chi connectivity index (χ1n) is 18.0. The Hall–Kier alpha value is -6.03. The molecule has 0 fully saturated rings. The fourth-order valence-electron chi connectivity index (χ4n) is 8.51. The van der Waals surface area contributed by atoms with Crippen LogP contribution in [0.2, 0.25) is 0 Å². The molecule has 7 aromatic carbocycles. The van der Waals surface area contributed by atoms with Crippen LogP contribution < -0.4 is 25.7 Å². The molecule has 0 bridgehead atoms. The molecule has 0 aliphatic carbocycles. The standard InChI is InChI=1S/C46H33N2O3P/c1-3-28-16-20-30(21-17-28)47-36-12-9-13-37-46(36)52(49,45-27-43-34(24-38(45)47)32-10-5-7-14-40(32)51-43)44-25-35-33-11-6-8-15-41(33)50-42(35)26-39(44)48(37)31-22-18-29(4-2)19-23-31/h5-27H,3-4H2,1-2H3. The Labute approximate surface area is 300 Å². The molecule has 9 aromatic rings. The molecule has 0 N–H and O–H groups in total. The quantitative estimate of drug-likeness (QED) is 0.172. The predicted octanol–water partition coefficient (Wildman–Crippen LogP) is 11.8. The normalized spacial score (nSPS) is 16.1. The van der Waals surface area contributed by atoms with Gasteiger partial charge in [-0.05, 0) is 90.7 Å². The van der Waals surface area contributed by atoms with Crippen molar-refractivity contribution in [3.8, 4) is 0 Å². The van der Waals surface area contributed by atoms with Crippen LogP contribution in [0.25, 0.3) is 43.9 Å². The van der Waals surface area contributed by atoms with Gasteiger partial charge in [0.15, 0.2) is 7.14 Å². The highest BCUT2D eigenvalue weighted by molar-refractivity contribution is 7.86. The van der Waals surface area contributed by atoms with Crippen LogP contribution in [0.3, 0.4) is 0 Å². The summed E-state index contributed by atoms with van der Waals surface area (Å²) < 4.78 is 29.9. The Balaban J connectivity index is 1.30. The summed E-state index contributed by atoms with van der Waals surface area (Å²) in [6.07, 6.45) is 1.90. The summed E-state index contributed by atoms with van der Waals surface area (Å²) in [5.41, 5.74) is 11.3. The number of hydrogen-bond acceptors (Lipinski definition) is 5. The molecule has 11 rings (SSSR count). The van der Waals surface area contributed by atoms with E-state index in [0.717, 1.165) is 107 Å². The van der Waals surface area contributed by atoms with Gasteiger partial charge < -0.3 is 23.2 Å². The summed E-state index contributed by atoms with van der Waals surface area (Å²) in [6.45, 7) is 4.35. The van der Waals surface area contributed by atoms with E-state index in [0.29, 0.717) is 0 Å². The van der Waals surface area contributed by atoms with E-state index >= 15 is 4.57 Å². The maximum Gasteiger partial charge on any atom is 0.179 e. The first-order valence-corrected chi connectivity index (χ1v) is 19.7. The number of aryl methyl sites for hydroxylation is 2. The average molecular weight is 693 g/mol. The molecule has 0 radical (unpaired) electrons. The van der Waals surface area contributed by atoms with Crippen molar-refractivity contribution >= 4 is 101 Å². The van der Waals surface area contributed by atoms with Gasteiger partial charge in [0.2, 0.25) is 0 Å². The average Bonchev–Trinajstić information content (AvgIpc) is 3.75. The number of benzene rings is 7. The molecule has 2 aliphatic heterocycles. The second-order valence-electron chi connectivity index (χ2n) is 13.8. The zero-order valence-corrected chi connectivity index (χ0v) is 29.7. The summed E-state index contributed by atoms with van der Waals surface area (Å²) in [7, 11) is -3.55. The van der Waals surface area contributed by atoms with Crippen LogP contribution in [0, 0.1) is 0 Å². The van der Waals surface area contributed by atoms with Crippen LogP contribution in [0.4, 0.5) is 34.1 Å². The fraction of sp³-hybridized carbons (Fsp3) is 0.0870. The second-order valence-corrected chi connectivity index (χ2v) is 16.5. The molecule has 2 aliphatic rings. The van der Waals surface area contributed by atoms with Gasteiger partial charge in [0.1, 0.15) is 22.3 Å². The molecular formula is C46H33N2O3P. The number of anilines is 6. The first kappa shape index (κ1) is 29.7. The summed E-state index contributed by atoms with van der Waals surface area (Å²) in [5.74, 6) is 0. The van der Waals surface area contributed by atoms with E-state index in [-0.39, 0.29) is 0 Å². The van der Waals surface area contributed by atoms with E-state index in [2.05, 4.69) is 127 Å².